The number of hydrogen-bond acceptors (Lipinski definition) is 6. The summed E-state index contributed by atoms with van der Waals surface area (Å²) in [7, 11) is -2.02. The molecule has 0 unspecified atom stereocenters. The van der Waals surface area contributed by atoms with Crippen LogP contribution in [0.3, 0.4) is 0 Å². The fourth-order valence-electron chi connectivity index (χ4n) is 2.65. The summed E-state index contributed by atoms with van der Waals surface area (Å²) in [5.41, 5.74) is 1.08. The molecule has 0 radical (unpaired) electrons. The summed E-state index contributed by atoms with van der Waals surface area (Å²) < 4.78 is 47.7. The number of methoxy groups -OCH3 is 1. The Kier molecular flexibility index (Phi) is 7.32. The van der Waals surface area contributed by atoms with E-state index in [9.17, 15) is 17.6 Å². The summed E-state index contributed by atoms with van der Waals surface area (Å²) >= 11 is 0. The number of sulfone groups is 1. The van der Waals surface area contributed by atoms with Gasteiger partial charge >= 0.3 is 0 Å². The maximum absolute atomic E-state index is 13.0. The van der Waals surface area contributed by atoms with E-state index in [0.717, 1.165) is 5.56 Å². The molecule has 0 spiro atoms. The van der Waals surface area contributed by atoms with E-state index in [2.05, 4.69) is 10.3 Å². The molecule has 0 fully saturated rings. The predicted octanol–water partition coefficient (Wildman–Crippen LogP) is 3.36. The Bertz CT molecular complexity index is 1130. The second kappa shape index (κ2) is 10.1. The standard InChI is InChI=1S/C22H21FN2O5S/c1-29-12-13-31(27,28)20-8-2-17(3-9-20)22(26)25-15-16-10-11-24-21(14-16)30-19-6-4-18(23)5-7-19/h2-11,14H,12-13,15H2,1H3,(H,25,26). The van der Waals surface area contributed by atoms with E-state index in [0.29, 0.717) is 17.2 Å². The first-order valence-corrected chi connectivity index (χ1v) is 11.0. The number of rotatable bonds is 9. The van der Waals surface area contributed by atoms with Crippen LogP contribution >= 0.6 is 0 Å². The van der Waals surface area contributed by atoms with E-state index >= 15 is 0 Å². The van der Waals surface area contributed by atoms with Gasteiger partial charge in [-0.15, -0.1) is 0 Å². The van der Waals surface area contributed by atoms with Gasteiger partial charge in [-0.1, -0.05) is 0 Å². The third kappa shape index (κ3) is 6.34. The Balaban J connectivity index is 1.60. The summed E-state index contributed by atoms with van der Waals surface area (Å²) in [4.78, 5) is 16.6. The van der Waals surface area contributed by atoms with Gasteiger partial charge in [-0.25, -0.2) is 17.8 Å². The van der Waals surface area contributed by atoms with E-state index in [1.165, 1.54) is 55.6 Å². The zero-order valence-corrected chi connectivity index (χ0v) is 17.6. The van der Waals surface area contributed by atoms with Crippen LogP contribution in [0.5, 0.6) is 11.6 Å². The van der Waals surface area contributed by atoms with Crippen molar-refractivity contribution in [2.24, 2.45) is 0 Å². The lowest BCUT2D eigenvalue weighted by atomic mass is 10.2. The monoisotopic (exact) mass is 444 g/mol. The van der Waals surface area contributed by atoms with Gasteiger partial charge in [-0.3, -0.25) is 4.79 Å². The Morgan fingerprint density at radius 2 is 1.77 bits per heavy atom. The molecule has 31 heavy (non-hydrogen) atoms. The minimum atomic E-state index is -3.45. The number of nitrogens with zero attached hydrogens (tertiary/aromatic N) is 1. The fourth-order valence-corrected chi connectivity index (χ4v) is 3.82. The van der Waals surface area contributed by atoms with E-state index in [4.69, 9.17) is 9.47 Å². The molecule has 1 heterocycles. The second-order valence-electron chi connectivity index (χ2n) is 6.58. The lowest BCUT2D eigenvalue weighted by Gasteiger charge is -2.09. The van der Waals surface area contributed by atoms with Crippen molar-refractivity contribution in [2.75, 3.05) is 19.5 Å². The molecule has 0 aliphatic carbocycles. The number of halogens is 1. The van der Waals surface area contributed by atoms with Crippen molar-refractivity contribution in [1.29, 1.82) is 0 Å². The van der Waals surface area contributed by atoms with Crippen LogP contribution < -0.4 is 10.1 Å². The molecular formula is C22H21FN2O5S. The number of hydrogen-bond donors (Lipinski definition) is 1. The Labute approximate surface area is 179 Å². The molecule has 2 aromatic carbocycles. The predicted molar refractivity (Wildman–Crippen MR) is 112 cm³/mol. The van der Waals surface area contributed by atoms with Crippen molar-refractivity contribution < 1.29 is 27.1 Å². The van der Waals surface area contributed by atoms with Gasteiger partial charge in [0, 0.05) is 31.5 Å². The molecule has 9 heteroatoms. The quantitative estimate of drug-likeness (QED) is 0.544. The minimum Gasteiger partial charge on any atom is -0.439 e. The molecule has 0 saturated heterocycles. The highest BCUT2D eigenvalue weighted by atomic mass is 32.2. The number of amides is 1. The lowest BCUT2D eigenvalue weighted by Crippen LogP contribution is -2.23. The highest BCUT2D eigenvalue weighted by molar-refractivity contribution is 7.91. The summed E-state index contributed by atoms with van der Waals surface area (Å²) in [5, 5.41) is 2.76. The highest BCUT2D eigenvalue weighted by Gasteiger charge is 2.15. The maximum Gasteiger partial charge on any atom is 0.251 e. The van der Waals surface area contributed by atoms with Crippen LogP contribution in [-0.4, -0.2) is 38.8 Å². The molecule has 7 nitrogen and oxygen atoms in total. The van der Waals surface area contributed by atoms with Gasteiger partial charge in [0.25, 0.3) is 5.91 Å². The van der Waals surface area contributed by atoms with Gasteiger partial charge in [-0.05, 0) is 60.2 Å². The molecule has 0 bridgehead atoms. The van der Waals surface area contributed by atoms with Crippen LogP contribution in [0.15, 0.2) is 71.8 Å². The molecule has 0 aliphatic heterocycles. The molecule has 3 aromatic rings. The largest absolute Gasteiger partial charge is 0.439 e. The topological polar surface area (TPSA) is 94.6 Å². The number of benzene rings is 2. The number of nitrogens with one attached hydrogen (secondary N) is 1. The second-order valence-corrected chi connectivity index (χ2v) is 8.69. The Morgan fingerprint density at radius 1 is 1.06 bits per heavy atom. The van der Waals surface area contributed by atoms with Crippen LogP contribution in [0, 0.1) is 5.82 Å². The van der Waals surface area contributed by atoms with Crippen molar-refractivity contribution in [3.63, 3.8) is 0 Å². The normalized spacial score (nSPS) is 11.2. The van der Waals surface area contributed by atoms with Crippen LogP contribution in [0.2, 0.25) is 0 Å². The van der Waals surface area contributed by atoms with Gasteiger partial charge in [0.05, 0.1) is 17.3 Å². The minimum absolute atomic E-state index is 0.101. The van der Waals surface area contributed by atoms with Gasteiger partial charge < -0.3 is 14.8 Å². The molecule has 0 aliphatic rings. The number of aromatic nitrogens is 1. The van der Waals surface area contributed by atoms with Crippen molar-refractivity contribution in [3.05, 3.63) is 83.8 Å². The van der Waals surface area contributed by atoms with E-state index < -0.39 is 9.84 Å². The third-order valence-corrected chi connectivity index (χ3v) is 6.01. The maximum atomic E-state index is 13.0. The summed E-state index contributed by atoms with van der Waals surface area (Å²) in [6.07, 6.45) is 1.54. The Hall–Kier alpha value is -3.30. The van der Waals surface area contributed by atoms with Gasteiger partial charge in [-0.2, -0.15) is 0 Å². The van der Waals surface area contributed by atoms with Crippen molar-refractivity contribution in [3.8, 4) is 11.6 Å². The van der Waals surface area contributed by atoms with Gasteiger partial charge in [0.1, 0.15) is 11.6 Å². The van der Waals surface area contributed by atoms with Crippen molar-refractivity contribution in [2.45, 2.75) is 11.4 Å². The van der Waals surface area contributed by atoms with Gasteiger partial charge in [0.2, 0.25) is 5.88 Å². The average Bonchev–Trinajstić information content (AvgIpc) is 2.78. The Morgan fingerprint density at radius 3 is 2.45 bits per heavy atom. The third-order valence-electron chi connectivity index (χ3n) is 4.32. The van der Waals surface area contributed by atoms with Crippen LogP contribution in [-0.2, 0) is 21.1 Å². The van der Waals surface area contributed by atoms with Gasteiger partial charge in [0.15, 0.2) is 9.84 Å². The summed E-state index contributed by atoms with van der Waals surface area (Å²) in [6.45, 7) is 0.318. The molecular weight excluding hydrogens is 423 g/mol. The number of carbonyl (C=O) groups excluding carboxylic acids is 1. The van der Waals surface area contributed by atoms with Crippen LogP contribution in [0.25, 0.3) is 0 Å². The SMILES string of the molecule is COCCS(=O)(=O)c1ccc(C(=O)NCc2ccnc(Oc3ccc(F)cc3)c2)cc1. The highest BCUT2D eigenvalue weighted by Crippen LogP contribution is 2.20. The molecule has 0 saturated carbocycles. The average molecular weight is 444 g/mol. The zero-order valence-electron chi connectivity index (χ0n) is 16.7. The van der Waals surface area contributed by atoms with Crippen molar-refractivity contribution in [1.82, 2.24) is 10.3 Å². The van der Waals surface area contributed by atoms with Crippen LogP contribution in [0.1, 0.15) is 15.9 Å². The first-order valence-electron chi connectivity index (χ1n) is 9.36. The molecule has 3 rings (SSSR count). The molecule has 1 N–H and O–H groups in total. The summed E-state index contributed by atoms with van der Waals surface area (Å²) in [5.74, 6) is -0.0880. The first-order chi connectivity index (χ1) is 14.9. The smallest absolute Gasteiger partial charge is 0.251 e. The van der Waals surface area contributed by atoms with Crippen LogP contribution in [0.4, 0.5) is 4.39 Å². The van der Waals surface area contributed by atoms with E-state index in [1.54, 1.807) is 18.3 Å². The summed E-state index contributed by atoms with van der Waals surface area (Å²) in [6, 6.07) is 14.7. The number of carbonyl (C=O) groups is 1. The first kappa shape index (κ1) is 22.4. The number of pyridine rings is 1. The lowest BCUT2D eigenvalue weighted by molar-refractivity contribution is 0.0950. The van der Waals surface area contributed by atoms with E-state index in [-0.39, 0.29) is 35.5 Å². The molecule has 1 amide bonds. The number of ether oxygens (including phenoxy) is 2. The molecule has 0 atom stereocenters. The zero-order chi connectivity index (χ0) is 22.3. The van der Waals surface area contributed by atoms with E-state index in [1.807, 2.05) is 0 Å². The van der Waals surface area contributed by atoms with Crippen molar-refractivity contribution >= 4 is 15.7 Å². The fraction of sp³-hybridized carbons (Fsp3) is 0.182. The molecule has 1 aromatic heterocycles. The molecule has 162 valence electrons.